The van der Waals surface area contributed by atoms with E-state index in [9.17, 15) is 18.4 Å². The lowest BCUT2D eigenvalue weighted by atomic mass is 10.0. The Hall–Kier alpha value is -3.16. The topological polar surface area (TPSA) is 84.9 Å². The van der Waals surface area contributed by atoms with Gasteiger partial charge in [-0.05, 0) is 54.8 Å². The number of carbonyl (C=O) groups is 2. The first kappa shape index (κ1) is 21.1. The summed E-state index contributed by atoms with van der Waals surface area (Å²) in [4.78, 5) is 23.1. The van der Waals surface area contributed by atoms with Crippen LogP contribution < -0.4 is 14.8 Å². The summed E-state index contributed by atoms with van der Waals surface area (Å²) in [6.45, 7) is 2.50. The number of benzene rings is 2. The summed E-state index contributed by atoms with van der Waals surface area (Å²) >= 11 is 0. The molecule has 0 saturated carbocycles. The molecule has 2 N–H and O–H groups in total. The second-order valence-corrected chi connectivity index (χ2v) is 6.15. The molecule has 28 heavy (non-hydrogen) atoms. The summed E-state index contributed by atoms with van der Waals surface area (Å²) < 4.78 is 34.7. The first-order chi connectivity index (χ1) is 13.3. The Morgan fingerprint density at radius 1 is 1.11 bits per heavy atom. The van der Waals surface area contributed by atoms with Crippen LogP contribution in [0.15, 0.2) is 36.4 Å². The normalized spacial score (nSPS) is 10.6. The minimum Gasteiger partial charge on any atom is -0.488 e. The van der Waals surface area contributed by atoms with E-state index in [0.29, 0.717) is 33.8 Å². The van der Waals surface area contributed by atoms with Crippen LogP contribution in [-0.4, -0.2) is 36.6 Å². The Morgan fingerprint density at radius 3 is 2.39 bits per heavy atom. The minimum absolute atomic E-state index is 0.195. The van der Waals surface area contributed by atoms with Gasteiger partial charge in [0.2, 0.25) is 0 Å². The van der Waals surface area contributed by atoms with Gasteiger partial charge in [-0.2, -0.15) is 0 Å². The van der Waals surface area contributed by atoms with Gasteiger partial charge < -0.3 is 19.9 Å². The molecular formula is C20H21F2NO5. The van der Waals surface area contributed by atoms with E-state index >= 15 is 0 Å². The van der Waals surface area contributed by atoms with Gasteiger partial charge in [0.25, 0.3) is 12.3 Å². The number of carboxylic acids is 1. The Bertz CT molecular complexity index is 831. The zero-order valence-electron chi connectivity index (χ0n) is 15.5. The van der Waals surface area contributed by atoms with Gasteiger partial charge in [-0.1, -0.05) is 12.1 Å². The molecule has 8 heteroatoms. The van der Waals surface area contributed by atoms with Crippen LogP contribution in [0.25, 0.3) is 0 Å². The quantitative estimate of drug-likeness (QED) is 0.683. The van der Waals surface area contributed by atoms with E-state index in [2.05, 4.69) is 5.32 Å². The maximum Gasteiger partial charge on any atom is 0.341 e. The van der Waals surface area contributed by atoms with Crippen LogP contribution in [0, 0.1) is 13.8 Å². The molecule has 2 aromatic carbocycles. The molecule has 0 heterocycles. The molecule has 2 rings (SSSR count). The van der Waals surface area contributed by atoms with E-state index in [0.717, 1.165) is 0 Å². The zero-order chi connectivity index (χ0) is 20.7. The molecule has 0 saturated heterocycles. The fourth-order valence-corrected chi connectivity index (χ4v) is 2.63. The maximum absolute atomic E-state index is 12.4. The van der Waals surface area contributed by atoms with Gasteiger partial charge in [0.1, 0.15) is 18.1 Å². The van der Waals surface area contributed by atoms with Gasteiger partial charge in [0, 0.05) is 12.1 Å². The number of carboxylic acid groups (broad SMARTS) is 1. The molecule has 0 unspecified atom stereocenters. The third kappa shape index (κ3) is 6.22. The summed E-state index contributed by atoms with van der Waals surface area (Å²) in [5.41, 5.74) is 2.40. The Morgan fingerprint density at radius 2 is 1.79 bits per heavy atom. The number of rotatable bonds is 9. The summed E-state index contributed by atoms with van der Waals surface area (Å²) in [5.74, 6) is -0.670. The van der Waals surface area contributed by atoms with E-state index in [4.69, 9.17) is 14.6 Å². The van der Waals surface area contributed by atoms with Crippen LogP contribution in [0.3, 0.4) is 0 Å². The van der Waals surface area contributed by atoms with Crippen molar-refractivity contribution in [3.05, 3.63) is 58.7 Å². The lowest BCUT2D eigenvalue weighted by Crippen LogP contribution is -2.23. The summed E-state index contributed by atoms with van der Waals surface area (Å²) in [6.07, 6.45) is -2.56. The summed E-state index contributed by atoms with van der Waals surface area (Å²) in [7, 11) is 0. The van der Waals surface area contributed by atoms with Crippen LogP contribution in [0.1, 0.15) is 27.0 Å². The number of alkyl halides is 2. The molecule has 0 aromatic heterocycles. The molecule has 0 radical (unpaired) electrons. The van der Waals surface area contributed by atoms with Crippen molar-refractivity contribution in [3.8, 4) is 11.5 Å². The number of carbonyl (C=O) groups excluding carboxylic acids is 1. The number of halogens is 2. The van der Waals surface area contributed by atoms with Crippen LogP contribution in [0.2, 0.25) is 0 Å². The van der Waals surface area contributed by atoms with Crippen molar-refractivity contribution in [3.63, 3.8) is 0 Å². The predicted molar refractivity (Wildman–Crippen MR) is 98.2 cm³/mol. The molecule has 0 bridgehead atoms. The Balaban J connectivity index is 2.01. The molecule has 0 atom stereocenters. The molecule has 0 aliphatic heterocycles. The fraction of sp³-hybridized carbons (Fsp3) is 0.300. The molecule has 0 aliphatic rings. The number of amides is 1. The second-order valence-electron chi connectivity index (χ2n) is 6.15. The van der Waals surface area contributed by atoms with Crippen molar-refractivity contribution < 1.29 is 33.0 Å². The van der Waals surface area contributed by atoms with Gasteiger partial charge in [-0.25, -0.2) is 13.6 Å². The van der Waals surface area contributed by atoms with Crippen molar-refractivity contribution in [1.82, 2.24) is 5.32 Å². The SMILES string of the molecule is Cc1cc(C(=O)NCc2cccc(OCC(F)F)c2)cc(C)c1OCC(=O)O. The lowest BCUT2D eigenvalue weighted by molar-refractivity contribution is -0.139. The van der Waals surface area contributed by atoms with Crippen molar-refractivity contribution in [2.75, 3.05) is 13.2 Å². The fourth-order valence-electron chi connectivity index (χ4n) is 2.63. The molecule has 2 aromatic rings. The van der Waals surface area contributed by atoms with Crippen molar-refractivity contribution in [2.45, 2.75) is 26.8 Å². The highest BCUT2D eigenvalue weighted by Gasteiger charge is 2.13. The number of hydrogen-bond donors (Lipinski definition) is 2. The van der Waals surface area contributed by atoms with E-state index in [-0.39, 0.29) is 12.5 Å². The smallest absolute Gasteiger partial charge is 0.341 e. The molecule has 0 fully saturated rings. The number of ether oxygens (including phenoxy) is 2. The van der Waals surface area contributed by atoms with E-state index in [1.54, 1.807) is 50.2 Å². The van der Waals surface area contributed by atoms with Gasteiger partial charge in [-0.15, -0.1) is 0 Å². The number of nitrogens with one attached hydrogen (secondary N) is 1. The highest BCUT2D eigenvalue weighted by Crippen LogP contribution is 2.25. The van der Waals surface area contributed by atoms with Gasteiger partial charge in [-0.3, -0.25) is 4.79 Å². The average Bonchev–Trinajstić information content (AvgIpc) is 2.63. The molecule has 0 spiro atoms. The van der Waals surface area contributed by atoms with E-state index < -0.39 is 25.6 Å². The molecular weight excluding hydrogens is 372 g/mol. The zero-order valence-corrected chi connectivity index (χ0v) is 15.5. The number of aryl methyl sites for hydroxylation is 2. The third-order valence-electron chi connectivity index (χ3n) is 3.79. The summed E-state index contributed by atoms with van der Waals surface area (Å²) in [5, 5.41) is 11.5. The van der Waals surface area contributed by atoms with E-state index in [1.165, 1.54) is 0 Å². The lowest BCUT2D eigenvalue weighted by Gasteiger charge is -2.13. The van der Waals surface area contributed by atoms with Crippen molar-refractivity contribution >= 4 is 11.9 Å². The van der Waals surface area contributed by atoms with Crippen LogP contribution in [-0.2, 0) is 11.3 Å². The third-order valence-corrected chi connectivity index (χ3v) is 3.79. The highest BCUT2D eigenvalue weighted by molar-refractivity contribution is 5.94. The van der Waals surface area contributed by atoms with Crippen LogP contribution >= 0.6 is 0 Å². The first-order valence-electron chi connectivity index (χ1n) is 8.50. The molecule has 0 aliphatic carbocycles. The second kappa shape index (κ2) is 9.68. The van der Waals surface area contributed by atoms with Crippen LogP contribution in [0.4, 0.5) is 8.78 Å². The van der Waals surface area contributed by atoms with Crippen molar-refractivity contribution in [1.29, 1.82) is 0 Å². The minimum atomic E-state index is -2.56. The van der Waals surface area contributed by atoms with Gasteiger partial charge in [0.05, 0.1) is 0 Å². The standard InChI is InChI=1S/C20H21F2NO5/c1-12-6-15(7-13(2)19(12)28-11-18(24)25)20(26)23-9-14-4-3-5-16(8-14)27-10-17(21)22/h3-8,17H,9-11H2,1-2H3,(H,23,26)(H,24,25). The molecule has 150 valence electrons. The Kier molecular flexibility index (Phi) is 7.31. The number of hydrogen-bond acceptors (Lipinski definition) is 4. The van der Waals surface area contributed by atoms with Crippen molar-refractivity contribution in [2.24, 2.45) is 0 Å². The van der Waals surface area contributed by atoms with Crippen LogP contribution in [0.5, 0.6) is 11.5 Å². The molecule has 1 amide bonds. The molecule has 6 nitrogen and oxygen atoms in total. The predicted octanol–water partition coefficient (Wildman–Crippen LogP) is 3.34. The largest absolute Gasteiger partial charge is 0.488 e. The van der Waals surface area contributed by atoms with Gasteiger partial charge >= 0.3 is 5.97 Å². The Labute approximate surface area is 161 Å². The average molecular weight is 393 g/mol. The number of aliphatic carboxylic acids is 1. The van der Waals surface area contributed by atoms with E-state index in [1.807, 2.05) is 0 Å². The highest BCUT2D eigenvalue weighted by atomic mass is 19.3. The van der Waals surface area contributed by atoms with Gasteiger partial charge in [0.15, 0.2) is 6.61 Å². The monoisotopic (exact) mass is 393 g/mol. The first-order valence-corrected chi connectivity index (χ1v) is 8.50. The summed E-state index contributed by atoms with van der Waals surface area (Å²) in [6, 6.07) is 9.78. The maximum atomic E-state index is 12.4.